The number of hydrogen-bond donors (Lipinski definition) is 1. The van der Waals surface area contributed by atoms with E-state index in [9.17, 15) is 4.79 Å². The SMILES string of the molecule is CN(C)C.CNCCCCC=O. The third-order valence-electron chi connectivity index (χ3n) is 0.999. The highest BCUT2D eigenvalue weighted by atomic mass is 16.1. The van der Waals surface area contributed by atoms with Crippen LogP contribution in [0.25, 0.3) is 0 Å². The van der Waals surface area contributed by atoms with Crippen molar-refractivity contribution in [1.29, 1.82) is 0 Å². The highest BCUT2D eigenvalue weighted by Crippen LogP contribution is 1.88. The van der Waals surface area contributed by atoms with Gasteiger partial charge in [0.25, 0.3) is 0 Å². The largest absolute Gasteiger partial charge is 0.320 e. The van der Waals surface area contributed by atoms with Crippen molar-refractivity contribution in [3.8, 4) is 0 Å². The Balaban J connectivity index is 0. The molecule has 0 saturated carbocycles. The highest BCUT2D eigenvalue weighted by molar-refractivity contribution is 5.48. The molecule has 0 rings (SSSR count). The van der Waals surface area contributed by atoms with Gasteiger partial charge in [-0.05, 0) is 47.6 Å². The third kappa shape index (κ3) is 33.6. The van der Waals surface area contributed by atoms with Crippen molar-refractivity contribution in [2.45, 2.75) is 19.3 Å². The predicted molar refractivity (Wildman–Crippen MR) is 53.5 cm³/mol. The van der Waals surface area contributed by atoms with E-state index in [0.29, 0.717) is 6.42 Å². The summed E-state index contributed by atoms with van der Waals surface area (Å²) in [4.78, 5) is 11.7. The molecule has 3 nitrogen and oxygen atoms in total. The molecule has 0 radical (unpaired) electrons. The van der Waals surface area contributed by atoms with Crippen LogP contribution < -0.4 is 5.32 Å². The summed E-state index contributed by atoms with van der Waals surface area (Å²) in [6.45, 7) is 1.02. The van der Waals surface area contributed by atoms with E-state index < -0.39 is 0 Å². The molecule has 0 amide bonds. The van der Waals surface area contributed by atoms with Gasteiger partial charge in [-0.25, -0.2) is 0 Å². The summed E-state index contributed by atoms with van der Waals surface area (Å²) in [6.07, 6.45) is 3.80. The van der Waals surface area contributed by atoms with E-state index in [1.165, 1.54) is 0 Å². The zero-order valence-corrected chi connectivity index (χ0v) is 8.76. The normalized spacial score (nSPS) is 9.08. The summed E-state index contributed by atoms with van der Waals surface area (Å²) in [7, 11) is 7.92. The van der Waals surface area contributed by atoms with Crippen molar-refractivity contribution in [2.75, 3.05) is 34.7 Å². The van der Waals surface area contributed by atoms with Crippen LogP contribution in [-0.4, -0.2) is 45.9 Å². The molecule has 0 unspecified atom stereocenters. The number of unbranched alkanes of at least 4 members (excludes halogenated alkanes) is 2. The fraction of sp³-hybridized carbons (Fsp3) is 0.889. The fourth-order valence-corrected chi connectivity index (χ4v) is 0.529. The Labute approximate surface area is 76.1 Å². The topological polar surface area (TPSA) is 32.3 Å². The second kappa shape index (κ2) is 13.2. The van der Waals surface area contributed by atoms with Crippen LogP contribution in [-0.2, 0) is 4.79 Å². The third-order valence-corrected chi connectivity index (χ3v) is 0.999. The average molecular weight is 174 g/mol. The van der Waals surface area contributed by atoms with E-state index in [2.05, 4.69) is 5.32 Å². The summed E-state index contributed by atoms with van der Waals surface area (Å²) in [5.41, 5.74) is 0. The first-order chi connectivity index (χ1) is 5.65. The second-order valence-electron chi connectivity index (χ2n) is 3.11. The standard InChI is InChI=1S/C6H13NO.C3H9N/c1-7-5-3-2-4-6-8;1-4(2)3/h6-7H,2-5H2,1H3;1-3H3. The molecule has 74 valence electrons. The Morgan fingerprint density at radius 2 is 1.75 bits per heavy atom. The molecule has 0 atom stereocenters. The molecule has 1 N–H and O–H groups in total. The molecule has 0 aromatic carbocycles. The number of hydrogen-bond acceptors (Lipinski definition) is 3. The lowest BCUT2D eigenvalue weighted by Crippen LogP contribution is -2.06. The minimum Gasteiger partial charge on any atom is -0.320 e. The van der Waals surface area contributed by atoms with E-state index in [4.69, 9.17) is 0 Å². The van der Waals surface area contributed by atoms with Crippen LogP contribution in [0.1, 0.15) is 19.3 Å². The lowest BCUT2D eigenvalue weighted by molar-refractivity contribution is -0.107. The molecule has 0 aliphatic heterocycles. The summed E-state index contributed by atoms with van der Waals surface area (Å²) in [6, 6.07) is 0. The Bertz CT molecular complexity index is 81.8. The number of nitrogens with one attached hydrogen (secondary N) is 1. The van der Waals surface area contributed by atoms with Gasteiger partial charge in [0.15, 0.2) is 0 Å². The number of rotatable bonds is 5. The van der Waals surface area contributed by atoms with Gasteiger partial charge in [-0.3, -0.25) is 0 Å². The maximum absolute atomic E-state index is 9.75. The molecule has 0 bridgehead atoms. The maximum Gasteiger partial charge on any atom is 0.119 e. The minimum atomic E-state index is 0.710. The Kier molecular flexibility index (Phi) is 15.5. The maximum atomic E-state index is 9.75. The summed E-state index contributed by atoms with van der Waals surface area (Å²) in [5, 5.41) is 3.01. The number of carbonyl (C=O) groups is 1. The van der Waals surface area contributed by atoms with Crippen LogP contribution in [0.15, 0.2) is 0 Å². The van der Waals surface area contributed by atoms with Crippen molar-refractivity contribution in [1.82, 2.24) is 10.2 Å². The predicted octanol–water partition coefficient (Wildman–Crippen LogP) is 0.753. The monoisotopic (exact) mass is 174 g/mol. The molecule has 0 aromatic rings. The Hall–Kier alpha value is -0.410. The first-order valence-electron chi connectivity index (χ1n) is 4.34. The van der Waals surface area contributed by atoms with Crippen molar-refractivity contribution in [3.63, 3.8) is 0 Å². The van der Waals surface area contributed by atoms with Gasteiger partial charge in [0.05, 0.1) is 0 Å². The molecule has 0 aliphatic rings. The second-order valence-corrected chi connectivity index (χ2v) is 3.11. The smallest absolute Gasteiger partial charge is 0.119 e. The molecule has 0 saturated heterocycles. The van der Waals surface area contributed by atoms with Crippen LogP contribution in [0.3, 0.4) is 0 Å². The molecule has 0 spiro atoms. The average Bonchev–Trinajstić information content (AvgIpc) is 1.97. The van der Waals surface area contributed by atoms with Gasteiger partial charge in [0.1, 0.15) is 6.29 Å². The first-order valence-corrected chi connectivity index (χ1v) is 4.34. The highest BCUT2D eigenvalue weighted by Gasteiger charge is 1.82. The van der Waals surface area contributed by atoms with Gasteiger partial charge in [-0.15, -0.1) is 0 Å². The van der Waals surface area contributed by atoms with E-state index in [1.54, 1.807) is 0 Å². The number of carbonyl (C=O) groups excluding carboxylic acids is 1. The van der Waals surface area contributed by atoms with E-state index in [0.717, 1.165) is 25.7 Å². The van der Waals surface area contributed by atoms with Crippen LogP contribution in [0.5, 0.6) is 0 Å². The summed E-state index contributed by atoms with van der Waals surface area (Å²) in [5.74, 6) is 0. The molecule has 0 aromatic heterocycles. The van der Waals surface area contributed by atoms with Crippen LogP contribution in [0.4, 0.5) is 0 Å². The van der Waals surface area contributed by atoms with Gasteiger partial charge < -0.3 is 15.0 Å². The molecule has 0 fully saturated rings. The van der Waals surface area contributed by atoms with Crippen LogP contribution >= 0.6 is 0 Å². The van der Waals surface area contributed by atoms with E-state index in [-0.39, 0.29) is 0 Å². The lowest BCUT2D eigenvalue weighted by atomic mass is 10.2. The van der Waals surface area contributed by atoms with Crippen LogP contribution in [0.2, 0.25) is 0 Å². The molecular formula is C9H22N2O. The first kappa shape index (κ1) is 14.1. The van der Waals surface area contributed by atoms with E-state index >= 15 is 0 Å². The van der Waals surface area contributed by atoms with Gasteiger partial charge in [0.2, 0.25) is 0 Å². The number of nitrogens with zero attached hydrogens (tertiary/aromatic N) is 1. The molecule has 12 heavy (non-hydrogen) atoms. The summed E-state index contributed by atoms with van der Waals surface area (Å²) >= 11 is 0. The minimum absolute atomic E-state index is 0.710. The lowest BCUT2D eigenvalue weighted by Gasteiger charge is -1.92. The van der Waals surface area contributed by atoms with Gasteiger partial charge >= 0.3 is 0 Å². The quantitative estimate of drug-likeness (QED) is 0.493. The van der Waals surface area contributed by atoms with Crippen molar-refractivity contribution in [2.24, 2.45) is 0 Å². The van der Waals surface area contributed by atoms with Gasteiger partial charge in [-0.2, -0.15) is 0 Å². The van der Waals surface area contributed by atoms with Crippen molar-refractivity contribution in [3.05, 3.63) is 0 Å². The van der Waals surface area contributed by atoms with Gasteiger partial charge in [0, 0.05) is 6.42 Å². The van der Waals surface area contributed by atoms with Crippen LogP contribution in [0, 0.1) is 0 Å². The Morgan fingerprint density at radius 1 is 1.25 bits per heavy atom. The molecular weight excluding hydrogens is 152 g/mol. The molecule has 3 heteroatoms. The van der Waals surface area contributed by atoms with Crippen molar-refractivity contribution < 1.29 is 4.79 Å². The zero-order valence-electron chi connectivity index (χ0n) is 8.76. The zero-order chi connectivity index (χ0) is 9.82. The van der Waals surface area contributed by atoms with Crippen molar-refractivity contribution >= 4 is 6.29 Å². The Morgan fingerprint density at radius 3 is 2.08 bits per heavy atom. The number of aldehydes is 1. The molecule has 0 aliphatic carbocycles. The summed E-state index contributed by atoms with van der Waals surface area (Å²) < 4.78 is 0. The fourth-order valence-electron chi connectivity index (χ4n) is 0.529. The molecule has 0 heterocycles. The van der Waals surface area contributed by atoms with E-state index in [1.807, 2.05) is 33.1 Å². The van der Waals surface area contributed by atoms with Gasteiger partial charge in [-0.1, -0.05) is 0 Å².